The quantitative estimate of drug-likeness (QED) is 0.316. The van der Waals surface area contributed by atoms with Crippen molar-refractivity contribution in [1.82, 2.24) is 15.3 Å². The topological polar surface area (TPSA) is 132 Å². The Balaban J connectivity index is 1.39. The molecule has 0 aliphatic rings. The van der Waals surface area contributed by atoms with Crippen molar-refractivity contribution in [2.24, 2.45) is 5.73 Å². The van der Waals surface area contributed by atoms with Gasteiger partial charge in [0.25, 0.3) is 5.91 Å². The predicted octanol–water partition coefficient (Wildman–Crippen LogP) is 1.76. The highest BCUT2D eigenvalue weighted by molar-refractivity contribution is 5.91. The number of nitrogens with one attached hydrogen (secondary N) is 2. The summed E-state index contributed by atoms with van der Waals surface area (Å²) in [5.74, 6) is 2.01. The van der Waals surface area contributed by atoms with E-state index in [9.17, 15) is 9.90 Å². The largest absolute Gasteiger partial charge is 0.493 e. The molecule has 0 bridgehead atoms. The summed E-state index contributed by atoms with van der Waals surface area (Å²) in [4.78, 5) is 18.2. The first-order valence-electron chi connectivity index (χ1n) is 10.2. The molecule has 3 aromatic rings. The Bertz CT molecular complexity index is 1020. The number of H-pyrrole nitrogens is 1. The Morgan fingerprint density at radius 2 is 1.91 bits per heavy atom. The second kappa shape index (κ2) is 11.2. The van der Waals surface area contributed by atoms with Crippen LogP contribution in [0, 0.1) is 0 Å². The van der Waals surface area contributed by atoms with E-state index >= 15 is 0 Å². The molecule has 0 radical (unpaired) electrons. The Labute approximate surface area is 186 Å². The van der Waals surface area contributed by atoms with E-state index in [2.05, 4.69) is 15.3 Å². The SMILES string of the molecule is COc1ccc(CCNC[C@H](O)COc2ccc(-c3ncc(C(N)=O)[nH]3)cc2)cc1OC. The number of aliphatic hydroxyl groups is 1. The molecule has 32 heavy (non-hydrogen) atoms. The first-order chi connectivity index (χ1) is 15.5. The maximum absolute atomic E-state index is 11.2. The fourth-order valence-corrected chi connectivity index (χ4v) is 3.09. The van der Waals surface area contributed by atoms with Crippen molar-refractivity contribution in [2.45, 2.75) is 12.5 Å². The summed E-state index contributed by atoms with van der Waals surface area (Å²) in [7, 11) is 3.22. The van der Waals surface area contributed by atoms with Gasteiger partial charge in [-0.05, 0) is 54.9 Å². The van der Waals surface area contributed by atoms with Crippen LogP contribution >= 0.6 is 0 Å². The molecule has 9 nitrogen and oxygen atoms in total. The van der Waals surface area contributed by atoms with E-state index in [1.165, 1.54) is 6.20 Å². The van der Waals surface area contributed by atoms with Crippen molar-refractivity contribution in [3.8, 4) is 28.6 Å². The fourth-order valence-electron chi connectivity index (χ4n) is 3.09. The Kier molecular flexibility index (Phi) is 8.07. The highest BCUT2D eigenvalue weighted by Crippen LogP contribution is 2.27. The molecule has 0 spiro atoms. The summed E-state index contributed by atoms with van der Waals surface area (Å²) in [5.41, 5.74) is 7.38. The molecule has 0 saturated heterocycles. The number of primary amides is 1. The number of benzene rings is 2. The van der Waals surface area contributed by atoms with Gasteiger partial charge in [-0.15, -0.1) is 0 Å². The number of hydrogen-bond acceptors (Lipinski definition) is 7. The Morgan fingerprint density at radius 1 is 1.16 bits per heavy atom. The molecule has 2 aromatic carbocycles. The van der Waals surface area contributed by atoms with Gasteiger partial charge in [0, 0.05) is 12.1 Å². The minimum absolute atomic E-state index is 0.162. The third-order valence-corrected chi connectivity index (χ3v) is 4.83. The van der Waals surface area contributed by atoms with Gasteiger partial charge in [0.2, 0.25) is 0 Å². The van der Waals surface area contributed by atoms with E-state index in [0.717, 1.165) is 17.5 Å². The number of aromatic amines is 1. The van der Waals surface area contributed by atoms with Gasteiger partial charge in [-0.25, -0.2) is 4.98 Å². The van der Waals surface area contributed by atoms with Crippen LogP contribution in [0.15, 0.2) is 48.7 Å². The van der Waals surface area contributed by atoms with Crippen LogP contribution in [0.4, 0.5) is 0 Å². The van der Waals surface area contributed by atoms with E-state index in [4.69, 9.17) is 19.9 Å². The normalized spacial score (nSPS) is 11.7. The first-order valence-corrected chi connectivity index (χ1v) is 10.2. The zero-order chi connectivity index (χ0) is 22.9. The number of hydrogen-bond donors (Lipinski definition) is 4. The van der Waals surface area contributed by atoms with Crippen LogP contribution in [0.2, 0.25) is 0 Å². The number of amides is 1. The minimum Gasteiger partial charge on any atom is -0.493 e. The molecule has 170 valence electrons. The molecule has 0 unspecified atom stereocenters. The predicted molar refractivity (Wildman–Crippen MR) is 120 cm³/mol. The number of methoxy groups -OCH3 is 2. The second-order valence-electron chi connectivity index (χ2n) is 7.14. The van der Waals surface area contributed by atoms with Gasteiger partial charge in [0.05, 0.1) is 20.4 Å². The number of aromatic nitrogens is 2. The van der Waals surface area contributed by atoms with E-state index < -0.39 is 12.0 Å². The van der Waals surface area contributed by atoms with E-state index in [1.807, 2.05) is 30.3 Å². The molecule has 1 heterocycles. The lowest BCUT2D eigenvalue weighted by atomic mass is 10.1. The summed E-state index contributed by atoms with van der Waals surface area (Å²) in [6.07, 6.45) is 1.54. The van der Waals surface area contributed by atoms with E-state index in [0.29, 0.717) is 36.2 Å². The average molecular weight is 441 g/mol. The standard InChI is InChI=1S/C23H28N4O5/c1-30-20-8-3-15(11-21(20)31-2)9-10-25-12-17(28)14-32-18-6-4-16(5-7-18)23-26-13-19(27-23)22(24)29/h3-8,11,13,17,25,28H,9-10,12,14H2,1-2H3,(H2,24,29)(H,26,27)/t17-/m0/s1. The van der Waals surface area contributed by atoms with Crippen LogP contribution in [-0.4, -0.2) is 61.0 Å². The number of carbonyl (C=O) groups is 1. The average Bonchev–Trinajstić information content (AvgIpc) is 3.31. The van der Waals surface area contributed by atoms with Crippen molar-refractivity contribution >= 4 is 5.91 Å². The number of nitrogens with zero attached hydrogens (tertiary/aromatic N) is 1. The Hall–Kier alpha value is -3.56. The number of carbonyl (C=O) groups excluding carboxylic acids is 1. The second-order valence-corrected chi connectivity index (χ2v) is 7.14. The molecule has 1 amide bonds. The van der Waals surface area contributed by atoms with Gasteiger partial charge >= 0.3 is 0 Å². The Morgan fingerprint density at radius 3 is 2.56 bits per heavy atom. The summed E-state index contributed by atoms with van der Waals surface area (Å²) < 4.78 is 16.2. The van der Waals surface area contributed by atoms with Crippen molar-refractivity contribution < 1.29 is 24.1 Å². The number of rotatable bonds is 12. The van der Waals surface area contributed by atoms with Crippen molar-refractivity contribution in [3.05, 3.63) is 59.9 Å². The maximum Gasteiger partial charge on any atom is 0.266 e. The van der Waals surface area contributed by atoms with E-state index in [-0.39, 0.29) is 12.3 Å². The zero-order valence-corrected chi connectivity index (χ0v) is 18.1. The van der Waals surface area contributed by atoms with Gasteiger partial charge in [0.1, 0.15) is 30.0 Å². The van der Waals surface area contributed by atoms with Gasteiger partial charge in [-0.2, -0.15) is 0 Å². The summed E-state index contributed by atoms with van der Waals surface area (Å²) in [6.45, 7) is 1.28. The first kappa shape index (κ1) is 23.1. The van der Waals surface area contributed by atoms with E-state index in [1.54, 1.807) is 26.4 Å². The van der Waals surface area contributed by atoms with Crippen molar-refractivity contribution in [2.75, 3.05) is 33.9 Å². The number of ether oxygens (including phenoxy) is 3. The molecule has 0 aliphatic heterocycles. The molecule has 0 saturated carbocycles. The number of nitrogens with two attached hydrogens (primary N) is 1. The third kappa shape index (κ3) is 6.22. The summed E-state index contributed by atoms with van der Waals surface area (Å²) in [5, 5.41) is 13.4. The molecule has 0 aliphatic carbocycles. The number of aliphatic hydroxyl groups excluding tert-OH is 1. The lowest BCUT2D eigenvalue weighted by Gasteiger charge is -2.14. The molecule has 1 atom stereocenters. The van der Waals surface area contributed by atoms with Crippen molar-refractivity contribution in [3.63, 3.8) is 0 Å². The highest BCUT2D eigenvalue weighted by atomic mass is 16.5. The maximum atomic E-state index is 11.2. The molecular weight excluding hydrogens is 412 g/mol. The summed E-state index contributed by atoms with van der Waals surface area (Å²) >= 11 is 0. The zero-order valence-electron chi connectivity index (χ0n) is 18.1. The van der Waals surface area contributed by atoms with Gasteiger partial charge in [-0.1, -0.05) is 6.07 Å². The molecule has 5 N–H and O–H groups in total. The van der Waals surface area contributed by atoms with Crippen LogP contribution in [0.1, 0.15) is 16.1 Å². The minimum atomic E-state index is -0.650. The van der Waals surface area contributed by atoms with Crippen LogP contribution in [0.25, 0.3) is 11.4 Å². The lowest BCUT2D eigenvalue weighted by Crippen LogP contribution is -2.32. The number of imidazole rings is 1. The molecule has 0 fully saturated rings. The van der Waals surface area contributed by atoms with Gasteiger partial charge in [-0.3, -0.25) is 4.79 Å². The molecular formula is C23H28N4O5. The van der Waals surface area contributed by atoms with Crippen LogP contribution in [0.3, 0.4) is 0 Å². The smallest absolute Gasteiger partial charge is 0.266 e. The summed E-state index contributed by atoms with van der Waals surface area (Å²) in [6, 6.07) is 13.0. The van der Waals surface area contributed by atoms with Crippen molar-refractivity contribution in [1.29, 1.82) is 0 Å². The molecule has 9 heteroatoms. The van der Waals surface area contributed by atoms with Gasteiger partial charge < -0.3 is 35.4 Å². The molecule has 1 aromatic heterocycles. The fraction of sp³-hybridized carbons (Fsp3) is 0.304. The lowest BCUT2D eigenvalue weighted by molar-refractivity contribution is 0.0996. The molecule has 3 rings (SSSR count). The van der Waals surface area contributed by atoms with Crippen LogP contribution in [0.5, 0.6) is 17.2 Å². The van der Waals surface area contributed by atoms with Gasteiger partial charge in [0.15, 0.2) is 11.5 Å². The van der Waals surface area contributed by atoms with Crippen LogP contribution < -0.4 is 25.3 Å². The third-order valence-electron chi connectivity index (χ3n) is 4.83. The van der Waals surface area contributed by atoms with Crippen LogP contribution in [-0.2, 0) is 6.42 Å². The highest BCUT2D eigenvalue weighted by Gasteiger charge is 2.09. The monoisotopic (exact) mass is 440 g/mol.